The third-order valence-electron chi connectivity index (χ3n) is 4.54. The first-order chi connectivity index (χ1) is 13.6. The lowest BCUT2D eigenvalue weighted by Crippen LogP contribution is -2.21. The molecule has 1 heterocycles. The largest absolute Gasteiger partial charge is 0.497 e. The Morgan fingerprint density at radius 2 is 1.61 bits per heavy atom. The summed E-state index contributed by atoms with van der Waals surface area (Å²) in [5.41, 5.74) is 2.90. The zero-order valence-electron chi connectivity index (χ0n) is 16.6. The van der Waals surface area contributed by atoms with Gasteiger partial charge in [-0.15, -0.1) is 0 Å². The summed E-state index contributed by atoms with van der Waals surface area (Å²) in [6.07, 6.45) is 1.72. The van der Waals surface area contributed by atoms with Crippen molar-refractivity contribution in [3.63, 3.8) is 0 Å². The lowest BCUT2D eigenvalue weighted by atomic mass is 10.1. The molecule has 0 spiro atoms. The van der Waals surface area contributed by atoms with Crippen LogP contribution in [0.1, 0.15) is 25.0 Å². The first-order valence-electron chi connectivity index (χ1n) is 9.19. The molecule has 0 atom stereocenters. The highest BCUT2D eigenvalue weighted by Gasteiger charge is 2.25. The van der Waals surface area contributed by atoms with E-state index in [1.807, 2.05) is 24.3 Å². The predicted molar refractivity (Wildman–Crippen MR) is 110 cm³/mol. The normalized spacial score (nSPS) is 14.6. The second-order valence-corrected chi connectivity index (χ2v) is 6.20. The number of nitrogens with zero attached hydrogens (tertiary/aromatic N) is 2. The van der Waals surface area contributed by atoms with Crippen LogP contribution in [0.5, 0.6) is 11.5 Å². The fourth-order valence-electron chi connectivity index (χ4n) is 2.99. The van der Waals surface area contributed by atoms with Gasteiger partial charge in [-0.1, -0.05) is 12.1 Å². The van der Waals surface area contributed by atoms with Gasteiger partial charge in [0.2, 0.25) is 5.90 Å². The maximum absolute atomic E-state index is 12.3. The first kappa shape index (κ1) is 19.5. The molecule has 1 aliphatic heterocycles. The number of aliphatic imine (C=N–C) groups is 1. The summed E-state index contributed by atoms with van der Waals surface area (Å²) in [7, 11) is 3.13. The van der Waals surface area contributed by atoms with E-state index in [0.717, 1.165) is 24.3 Å². The summed E-state index contributed by atoms with van der Waals surface area (Å²) < 4.78 is 15.9. The molecule has 0 aliphatic carbocycles. The Morgan fingerprint density at radius 1 is 1.00 bits per heavy atom. The van der Waals surface area contributed by atoms with Crippen LogP contribution in [0.3, 0.4) is 0 Å². The van der Waals surface area contributed by atoms with Crippen molar-refractivity contribution in [3.05, 3.63) is 59.3 Å². The number of cyclic esters (lactones) is 1. The number of hydrogen-bond acceptors (Lipinski definition) is 6. The molecule has 0 saturated heterocycles. The van der Waals surface area contributed by atoms with Crippen LogP contribution in [0.25, 0.3) is 6.08 Å². The summed E-state index contributed by atoms with van der Waals surface area (Å²) in [4.78, 5) is 18.9. The van der Waals surface area contributed by atoms with Gasteiger partial charge in [0.05, 0.1) is 14.2 Å². The van der Waals surface area contributed by atoms with Crippen LogP contribution in [0.4, 0.5) is 5.69 Å². The molecule has 0 aromatic heterocycles. The molecule has 146 valence electrons. The van der Waals surface area contributed by atoms with Crippen LogP contribution in [0.15, 0.2) is 53.2 Å². The Labute approximate surface area is 165 Å². The van der Waals surface area contributed by atoms with Crippen LogP contribution in [0.2, 0.25) is 0 Å². The van der Waals surface area contributed by atoms with Crippen LogP contribution >= 0.6 is 0 Å². The van der Waals surface area contributed by atoms with Gasteiger partial charge in [0.15, 0.2) is 5.70 Å². The van der Waals surface area contributed by atoms with E-state index < -0.39 is 5.97 Å². The third kappa shape index (κ3) is 4.17. The monoisotopic (exact) mass is 380 g/mol. The number of ether oxygens (including phenoxy) is 3. The molecule has 6 nitrogen and oxygen atoms in total. The molecule has 6 heteroatoms. The summed E-state index contributed by atoms with van der Waals surface area (Å²) in [6.45, 7) is 6.14. The van der Waals surface area contributed by atoms with E-state index in [4.69, 9.17) is 14.2 Å². The van der Waals surface area contributed by atoms with E-state index in [0.29, 0.717) is 17.1 Å². The molecule has 0 N–H and O–H groups in total. The standard InChI is InChI=1S/C22H24N2O4/c1-5-24(6-2)17-9-7-15(8-10-17)11-20-22(25)28-21(23-20)16-12-18(26-3)14-19(13-16)27-4/h7-14H,5-6H2,1-4H3/b20-11-. The molecular weight excluding hydrogens is 356 g/mol. The van der Waals surface area contributed by atoms with E-state index in [2.05, 4.69) is 23.7 Å². The van der Waals surface area contributed by atoms with Crippen LogP contribution < -0.4 is 14.4 Å². The highest BCUT2D eigenvalue weighted by Crippen LogP contribution is 2.26. The number of hydrogen-bond donors (Lipinski definition) is 0. The van der Waals surface area contributed by atoms with E-state index in [1.165, 1.54) is 0 Å². The quantitative estimate of drug-likeness (QED) is 0.539. The van der Waals surface area contributed by atoms with Gasteiger partial charge in [0, 0.05) is 30.4 Å². The van der Waals surface area contributed by atoms with Gasteiger partial charge in [0.25, 0.3) is 0 Å². The lowest BCUT2D eigenvalue weighted by Gasteiger charge is -2.20. The van der Waals surface area contributed by atoms with Crippen LogP contribution in [-0.2, 0) is 9.53 Å². The highest BCUT2D eigenvalue weighted by molar-refractivity contribution is 6.13. The Morgan fingerprint density at radius 3 is 2.14 bits per heavy atom. The Bertz CT molecular complexity index is 890. The van der Waals surface area contributed by atoms with Gasteiger partial charge in [-0.05, 0) is 49.8 Å². The van der Waals surface area contributed by atoms with Gasteiger partial charge >= 0.3 is 5.97 Å². The molecule has 0 amide bonds. The summed E-state index contributed by atoms with van der Waals surface area (Å²) >= 11 is 0. The van der Waals surface area contributed by atoms with Gasteiger partial charge < -0.3 is 19.1 Å². The average molecular weight is 380 g/mol. The fraction of sp³-hybridized carbons (Fsp3) is 0.273. The van der Waals surface area contributed by atoms with E-state index in [9.17, 15) is 4.79 Å². The topological polar surface area (TPSA) is 60.4 Å². The van der Waals surface area contributed by atoms with Crippen molar-refractivity contribution in [2.75, 3.05) is 32.2 Å². The number of esters is 1. The predicted octanol–water partition coefficient (Wildman–Crippen LogP) is 3.89. The molecule has 3 rings (SSSR count). The summed E-state index contributed by atoms with van der Waals surface area (Å²) in [5.74, 6) is 0.938. The van der Waals surface area contributed by atoms with E-state index >= 15 is 0 Å². The Balaban J connectivity index is 1.87. The van der Waals surface area contributed by atoms with Crippen LogP contribution in [0, 0.1) is 0 Å². The van der Waals surface area contributed by atoms with Crippen molar-refractivity contribution in [2.24, 2.45) is 4.99 Å². The maximum Gasteiger partial charge on any atom is 0.363 e. The zero-order valence-corrected chi connectivity index (χ0v) is 16.6. The second-order valence-electron chi connectivity index (χ2n) is 6.20. The second kappa shape index (κ2) is 8.61. The average Bonchev–Trinajstić information content (AvgIpc) is 3.10. The van der Waals surface area contributed by atoms with Gasteiger partial charge in [-0.2, -0.15) is 0 Å². The Hall–Kier alpha value is -3.28. The van der Waals surface area contributed by atoms with Crippen LogP contribution in [-0.4, -0.2) is 39.2 Å². The minimum absolute atomic E-state index is 0.230. The molecule has 0 fully saturated rings. The molecule has 28 heavy (non-hydrogen) atoms. The summed E-state index contributed by atoms with van der Waals surface area (Å²) in [5, 5.41) is 0. The van der Waals surface area contributed by atoms with Crippen molar-refractivity contribution in [1.82, 2.24) is 0 Å². The third-order valence-corrected chi connectivity index (χ3v) is 4.54. The molecule has 0 bridgehead atoms. The maximum atomic E-state index is 12.3. The van der Waals surface area contributed by atoms with Crippen molar-refractivity contribution in [2.45, 2.75) is 13.8 Å². The Kier molecular flexibility index (Phi) is 5.99. The number of rotatable bonds is 7. The SMILES string of the molecule is CCN(CC)c1ccc(/C=C2\N=C(c3cc(OC)cc(OC)c3)OC2=O)cc1. The van der Waals surface area contributed by atoms with E-state index in [-0.39, 0.29) is 11.6 Å². The smallest absolute Gasteiger partial charge is 0.363 e. The molecule has 0 unspecified atom stereocenters. The number of methoxy groups -OCH3 is 2. The van der Waals surface area contributed by atoms with Gasteiger partial charge in [0.1, 0.15) is 11.5 Å². The van der Waals surface area contributed by atoms with Gasteiger partial charge in [-0.25, -0.2) is 9.79 Å². The number of anilines is 1. The van der Waals surface area contributed by atoms with Crippen molar-refractivity contribution in [1.29, 1.82) is 0 Å². The zero-order chi connectivity index (χ0) is 20.1. The van der Waals surface area contributed by atoms with E-state index in [1.54, 1.807) is 38.5 Å². The van der Waals surface area contributed by atoms with Crippen molar-refractivity contribution in [3.8, 4) is 11.5 Å². The molecule has 2 aromatic rings. The summed E-state index contributed by atoms with van der Waals surface area (Å²) in [6, 6.07) is 13.3. The molecule has 2 aromatic carbocycles. The number of benzene rings is 2. The lowest BCUT2D eigenvalue weighted by molar-refractivity contribution is -0.129. The minimum atomic E-state index is -0.482. The minimum Gasteiger partial charge on any atom is -0.497 e. The number of carbonyl (C=O) groups is 1. The molecular formula is C22H24N2O4. The number of carbonyl (C=O) groups excluding carboxylic acids is 1. The van der Waals surface area contributed by atoms with Gasteiger partial charge in [-0.3, -0.25) is 0 Å². The van der Waals surface area contributed by atoms with Crippen molar-refractivity contribution >= 4 is 23.6 Å². The fourth-order valence-corrected chi connectivity index (χ4v) is 2.99. The van der Waals surface area contributed by atoms with Crippen molar-refractivity contribution < 1.29 is 19.0 Å². The molecule has 1 aliphatic rings. The first-order valence-corrected chi connectivity index (χ1v) is 9.19. The highest BCUT2D eigenvalue weighted by atomic mass is 16.6. The molecule has 0 saturated carbocycles. The molecule has 0 radical (unpaired) electrons.